The Morgan fingerprint density at radius 2 is 1.29 bits per heavy atom. The van der Waals surface area contributed by atoms with Crippen LogP contribution in [0.1, 0.15) is 104 Å². The highest BCUT2D eigenvalue weighted by molar-refractivity contribution is 5.69. The van der Waals surface area contributed by atoms with Crippen molar-refractivity contribution < 1.29 is 24.9 Å². The summed E-state index contributed by atoms with van der Waals surface area (Å²) in [5, 5.41) is 25.3. The molecule has 168 valence electrons. The number of hydrogen-bond acceptors (Lipinski definition) is 5. The zero-order valence-corrected chi connectivity index (χ0v) is 18.4. The van der Waals surface area contributed by atoms with Gasteiger partial charge in [-0.1, -0.05) is 70.4 Å². The maximum Gasteiger partial charge on any atom is 0.305 e. The molecule has 0 rings (SSSR count). The molecule has 1 atom stereocenters. The van der Waals surface area contributed by atoms with Crippen LogP contribution in [0.2, 0.25) is 0 Å². The lowest BCUT2D eigenvalue weighted by Gasteiger charge is -2.08. The van der Waals surface area contributed by atoms with Crippen LogP contribution < -0.4 is 0 Å². The van der Waals surface area contributed by atoms with E-state index in [1.165, 1.54) is 57.8 Å². The number of hydrogen-bond donors (Lipinski definition) is 3. The lowest BCUT2D eigenvalue weighted by Crippen LogP contribution is -2.21. The third-order valence-corrected chi connectivity index (χ3v) is 4.29. The van der Waals surface area contributed by atoms with E-state index >= 15 is 0 Å². The van der Waals surface area contributed by atoms with Gasteiger partial charge in [-0.3, -0.25) is 4.79 Å². The van der Waals surface area contributed by atoms with Gasteiger partial charge in [-0.15, -0.1) is 0 Å². The number of esters is 1. The minimum absolute atomic E-state index is 0.111. The standard InChI is InChI=1S/C21H40O4.C2H6O/c1-2-3-4-5-6-7-8-9-10-11-12-13-14-15-16-17-21(24)25-19-20(23)18-22;1-2-3/h9-10,20,22-23H,2-8,11-19H2,1H3;3H,2H2,1H3/b10-9-;. The molecule has 1 unspecified atom stereocenters. The summed E-state index contributed by atoms with van der Waals surface area (Å²) in [7, 11) is 0. The fraction of sp³-hybridized carbons (Fsp3) is 0.870. The molecule has 3 N–H and O–H groups in total. The minimum Gasteiger partial charge on any atom is -0.463 e. The number of carbonyl (C=O) groups is 1. The molecule has 5 nitrogen and oxygen atoms in total. The second kappa shape index (κ2) is 26.1. The van der Waals surface area contributed by atoms with Gasteiger partial charge in [0.15, 0.2) is 0 Å². The normalized spacial score (nSPS) is 11.9. The first-order chi connectivity index (χ1) is 13.6. The molecule has 0 fully saturated rings. The summed E-state index contributed by atoms with van der Waals surface area (Å²) in [5.41, 5.74) is 0. The van der Waals surface area contributed by atoms with E-state index in [1.807, 2.05) is 0 Å². The van der Waals surface area contributed by atoms with Crippen LogP contribution in [0.15, 0.2) is 12.2 Å². The molecular formula is C23H46O5. The number of ether oxygens (including phenoxy) is 1. The third kappa shape index (κ3) is 27.3. The maximum absolute atomic E-state index is 11.4. The van der Waals surface area contributed by atoms with Crippen molar-refractivity contribution in [1.82, 2.24) is 0 Å². The van der Waals surface area contributed by atoms with Gasteiger partial charge in [0.2, 0.25) is 0 Å². The highest BCUT2D eigenvalue weighted by atomic mass is 16.5. The maximum atomic E-state index is 11.4. The van der Waals surface area contributed by atoms with Crippen LogP contribution in [0, 0.1) is 0 Å². The van der Waals surface area contributed by atoms with Crippen LogP contribution in [0.3, 0.4) is 0 Å². The van der Waals surface area contributed by atoms with Crippen LogP contribution in [-0.4, -0.2) is 47.2 Å². The molecule has 0 amide bonds. The van der Waals surface area contributed by atoms with Crippen LogP contribution in [0.5, 0.6) is 0 Å². The van der Waals surface area contributed by atoms with Gasteiger partial charge in [-0.05, 0) is 39.0 Å². The van der Waals surface area contributed by atoms with E-state index in [-0.39, 0.29) is 25.8 Å². The van der Waals surface area contributed by atoms with Gasteiger partial charge in [0.1, 0.15) is 12.7 Å². The van der Waals surface area contributed by atoms with Crippen LogP contribution in [0.25, 0.3) is 0 Å². The Hall–Kier alpha value is -0.910. The summed E-state index contributed by atoms with van der Waals surface area (Å²) in [5.74, 6) is -0.287. The molecule has 5 heteroatoms. The average molecular weight is 403 g/mol. The van der Waals surface area contributed by atoms with Crippen LogP contribution in [0.4, 0.5) is 0 Å². The molecule has 0 radical (unpaired) electrons. The van der Waals surface area contributed by atoms with Crippen molar-refractivity contribution in [2.24, 2.45) is 0 Å². The van der Waals surface area contributed by atoms with E-state index in [4.69, 9.17) is 20.1 Å². The molecule has 28 heavy (non-hydrogen) atoms. The first-order valence-corrected chi connectivity index (χ1v) is 11.3. The molecule has 0 aromatic heterocycles. The predicted molar refractivity (Wildman–Crippen MR) is 116 cm³/mol. The Balaban J connectivity index is 0. The molecule has 0 saturated heterocycles. The Labute approximate surface area is 173 Å². The lowest BCUT2D eigenvalue weighted by atomic mass is 10.1. The first-order valence-electron chi connectivity index (χ1n) is 11.3. The SMILES string of the molecule is CCCCCCCC/C=C\CCCCCCCC(=O)OCC(O)CO.CCO. The van der Waals surface area contributed by atoms with E-state index in [9.17, 15) is 4.79 Å². The molecule has 0 aliphatic carbocycles. The van der Waals surface area contributed by atoms with Gasteiger partial charge in [-0.25, -0.2) is 0 Å². The summed E-state index contributed by atoms with van der Waals surface area (Å²) in [6, 6.07) is 0. The number of carbonyl (C=O) groups excluding carboxylic acids is 1. The fourth-order valence-electron chi connectivity index (χ4n) is 2.65. The van der Waals surface area contributed by atoms with Gasteiger partial charge < -0.3 is 20.1 Å². The first kappa shape index (κ1) is 29.3. The van der Waals surface area contributed by atoms with Crippen molar-refractivity contribution in [2.75, 3.05) is 19.8 Å². The fourth-order valence-corrected chi connectivity index (χ4v) is 2.65. The number of aliphatic hydroxyl groups excluding tert-OH is 3. The second-order valence-corrected chi connectivity index (χ2v) is 7.17. The van der Waals surface area contributed by atoms with Crippen molar-refractivity contribution in [3.8, 4) is 0 Å². The number of aliphatic hydroxyl groups is 3. The largest absolute Gasteiger partial charge is 0.463 e. The van der Waals surface area contributed by atoms with Gasteiger partial charge in [0.05, 0.1) is 6.61 Å². The molecule has 0 bridgehead atoms. The molecule has 0 aromatic carbocycles. The summed E-state index contributed by atoms with van der Waals surface area (Å²) >= 11 is 0. The third-order valence-electron chi connectivity index (χ3n) is 4.29. The van der Waals surface area contributed by atoms with Crippen molar-refractivity contribution in [3.05, 3.63) is 12.2 Å². The van der Waals surface area contributed by atoms with E-state index in [0.29, 0.717) is 6.42 Å². The average Bonchev–Trinajstić information content (AvgIpc) is 2.69. The quantitative estimate of drug-likeness (QED) is 0.172. The number of allylic oxidation sites excluding steroid dienone is 2. The molecule has 0 heterocycles. The number of unbranched alkanes of at least 4 members (excludes halogenated alkanes) is 11. The Morgan fingerprint density at radius 3 is 1.79 bits per heavy atom. The van der Waals surface area contributed by atoms with Gasteiger partial charge in [-0.2, -0.15) is 0 Å². The zero-order chi connectivity index (χ0) is 21.3. The predicted octanol–water partition coefficient (Wildman–Crippen LogP) is 4.92. The van der Waals surface area contributed by atoms with E-state index < -0.39 is 6.10 Å². The highest BCUT2D eigenvalue weighted by Crippen LogP contribution is 2.10. The van der Waals surface area contributed by atoms with Crippen LogP contribution >= 0.6 is 0 Å². The van der Waals surface area contributed by atoms with Crippen molar-refractivity contribution in [2.45, 2.75) is 110 Å². The van der Waals surface area contributed by atoms with Gasteiger partial charge in [0.25, 0.3) is 0 Å². The minimum atomic E-state index is -0.960. The van der Waals surface area contributed by atoms with Gasteiger partial charge in [0, 0.05) is 13.0 Å². The highest BCUT2D eigenvalue weighted by Gasteiger charge is 2.07. The topological polar surface area (TPSA) is 87.0 Å². The zero-order valence-electron chi connectivity index (χ0n) is 18.4. The molecule has 0 spiro atoms. The Morgan fingerprint density at radius 1 is 0.821 bits per heavy atom. The lowest BCUT2D eigenvalue weighted by molar-refractivity contribution is -0.147. The summed E-state index contributed by atoms with van der Waals surface area (Å²) in [4.78, 5) is 11.4. The van der Waals surface area contributed by atoms with Crippen molar-refractivity contribution >= 4 is 5.97 Å². The van der Waals surface area contributed by atoms with E-state index in [2.05, 4.69) is 19.1 Å². The summed E-state index contributed by atoms with van der Waals surface area (Å²) < 4.78 is 4.86. The summed E-state index contributed by atoms with van der Waals surface area (Å²) in [6.07, 6.45) is 20.1. The van der Waals surface area contributed by atoms with Crippen molar-refractivity contribution in [1.29, 1.82) is 0 Å². The number of rotatable bonds is 18. The smallest absolute Gasteiger partial charge is 0.305 e. The molecule has 0 saturated carbocycles. The molecule has 0 aromatic rings. The second-order valence-electron chi connectivity index (χ2n) is 7.17. The molecule has 0 aliphatic heterocycles. The van der Waals surface area contributed by atoms with Crippen molar-refractivity contribution in [3.63, 3.8) is 0 Å². The molecular weight excluding hydrogens is 356 g/mol. The molecule has 0 aliphatic rings. The van der Waals surface area contributed by atoms with E-state index in [0.717, 1.165) is 25.7 Å². The van der Waals surface area contributed by atoms with Crippen LogP contribution in [-0.2, 0) is 9.53 Å². The Bertz CT molecular complexity index is 331. The Kier molecular flexibility index (Phi) is 27.3. The summed E-state index contributed by atoms with van der Waals surface area (Å²) in [6.45, 7) is 3.70. The van der Waals surface area contributed by atoms with E-state index in [1.54, 1.807) is 6.92 Å². The monoisotopic (exact) mass is 402 g/mol. The van der Waals surface area contributed by atoms with Gasteiger partial charge >= 0.3 is 5.97 Å².